The minimum atomic E-state index is -0.676. The highest BCUT2D eigenvalue weighted by molar-refractivity contribution is 5.76. The largest absolute Gasteiger partial charge is 0.466 e. The maximum absolute atomic E-state index is 12.5. The molecule has 400 valence electrons. The van der Waals surface area contributed by atoms with Gasteiger partial charge in [0.2, 0.25) is 5.91 Å². The normalized spacial score (nSPS) is 12.8. The molecule has 6 nitrogen and oxygen atoms in total. The number of allylic oxidation sites excluding steroid dienone is 6. The van der Waals surface area contributed by atoms with E-state index in [0.717, 1.165) is 83.5 Å². The van der Waals surface area contributed by atoms with Crippen molar-refractivity contribution in [1.82, 2.24) is 5.32 Å². The Morgan fingerprint density at radius 2 is 0.735 bits per heavy atom. The summed E-state index contributed by atoms with van der Waals surface area (Å²) >= 11 is 0. The van der Waals surface area contributed by atoms with Gasteiger partial charge in [-0.05, 0) is 83.5 Å². The lowest BCUT2D eigenvalue weighted by atomic mass is 10.0. The predicted octanol–water partition coefficient (Wildman–Crippen LogP) is 18.8. The van der Waals surface area contributed by atoms with E-state index < -0.39 is 12.1 Å². The third-order valence-corrected chi connectivity index (χ3v) is 13.9. The summed E-state index contributed by atoms with van der Waals surface area (Å²) in [6.45, 7) is 4.90. The molecule has 0 heterocycles. The molecule has 0 saturated heterocycles. The van der Waals surface area contributed by atoms with Crippen molar-refractivity contribution in [2.75, 3.05) is 13.2 Å². The third-order valence-electron chi connectivity index (χ3n) is 13.9. The molecule has 0 aliphatic heterocycles. The van der Waals surface area contributed by atoms with E-state index >= 15 is 0 Å². The fourth-order valence-corrected chi connectivity index (χ4v) is 9.25. The molecule has 1 amide bonds. The SMILES string of the molecule is CCCCC/C=C\C/C=C\CCCCCCCC(=O)OCCCCCC/C=C\CCCCCCCCCC(=O)NC(CO)C(O)CCCCCCCCCCCCCCCCCCCCCCC. The van der Waals surface area contributed by atoms with Crippen molar-refractivity contribution in [3.8, 4) is 0 Å². The number of hydrogen-bond donors (Lipinski definition) is 3. The summed E-state index contributed by atoms with van der Waals surface area (Å²) in [5, 5.41) is 23.3. The topological polar surface area (TPSA) is 95.9 Å². The molecule has 2 atom stereocenters. The summed E-state index contributed by atoms with van der Waals surface area (Å²) in [4.78, 5) is 24.6. The van der Waals surface area contributed by atoms with Crippen LogP contribution in [0.1, 0.15) is 322 Å². The van der Waals surface area contributed by atoms with Crippen molar-refractivity contribution in [3.63, 3.8) is 0 Å². The molecule has 0 saturated carbocycles. The molecule has 0 aromatic heterocycles. The van der Waals surface area contributed by atoms with Gasteiger partial charge in [-0.1, -0.05) is 262 Å². The van der Waals surface area contributed by atoms with Crippen molar-refractivity contribution in [3.05, 3.63) is 36.5 Å². The van der Waals surface area contributed by atoms with Crippen LogP contribution in [0, 0.1) is 0 Å². The van der Waals surface area contributed by atoms with Gasteiger partial charge in [-0.25, -0.2) is 0 Å². The van der Waals surface area contributed by atoms with Crippen molar-refractivity contribution in [1.29, 1.82) is 0 Å². The lowest BCUT2D eigenvalue weighted by Crippen LogP contribution is -2.45. The average molecular weight is 957 g/mol. The molecule has 0 rings (SSSR count). The molecule has 0 fully saturated rings. The molecule has 0 aromatic rings. The lowest BCUT2D eigenvalue weighted by molar-refractivity contribution is -0.143. The molecule has 68 heavy (non-hydrogen) atoms. The van der Waals surface area contributed by atoms with E-state index in [1.807, 2.05) is 0 Å². The van der Waals surface area contributed by atoms with Gasteiger partial charge in [0, 0.05) is 12.8 Å². The Bertz CT molecular complexity index is 1100. The van der Waals surface area contributed by atoms with Gasteiger partial charge < -0.3 is 20.3 Å². The van der Waals surface area contributed by atoms with E-state index in [2.05, 4.69) is 55.6 Å². The van der Waals surface area contributed by atoms with Crippen molar-refractivity contribution < 1.29 is 24.5 Å². The number of carbonyl (C=O) groups is 2. The zero-order valence-corrected chi connectivity index (χ0v) is 45.6. The van der Waals surface area contributed by atoms with Crippen LogP contribution < -0.4 is 5.32 Å². The Hall–Kier alpha value is -1.92. The number of carbonyl (C=O) groups excluding carboxylic acids is 2. The maximum atomic E-state index is 12.5. The first-order chi connectivity index (χ1) is 33.5. The van der Waals surface area contributed by atoms with Crippen LogP contribution in [0.3, 0.4) is 0 Å². The predicted molar refractivity (Wildman–Crippen MR) is 296 cm³/mol. The number of aliphatic hydroxyl groups is 2. The molecule has 2 unspecified atom stereocenters. The van der Waals surface area contributed by atoms with Crippen LogP contribution in [-0.4, -0.2) is 47.4 Å². The lowest BCUT2D eigenvalue weighted by Gasteiger charge is -2.22. The summed E-state index contributed by atoms with van der Waals surface area (Å²) in [6, 6.07) is -0.555. The highest BCUT2D eigenvalue weighted by Crippen LogP contribution is 2.17. The molecule has 0 aromatic carbocycles. The molecule has 0 bridgehead atoms. The minimum absolute atomic E-state index is 0.0237. The minimum Gasteiger partial charge on any atom is -0.466 e. The Labute approximate surface area is 424 Å². The fraction of sp³-hybridized carbons (Fsp3) is 0.871. The summed E-state index contributed by atoms with van der Waals surface area (Å²) in [5.41, 5.74) is 0. The summed E-state index contributed by atoms with van der Waals surface area (Å²) in [7, 11) is 0. The monoisotopic (exact) mass is 956 g/mol. The number of esters is 1. The molecule has 3 N–H and O–H groups in total. The summed E-state index contributed by atoms with van der Waals surface area (Å²) < 4.78 is 5.46. The molecular formula is C62H117NO5. The Morgan fingerprint density at radius 3 is 1.16 bits per heavy atom. The van der Waals surface area contributed by atoms with E-state index in [1.165, 1.54) is 205 Å². The highest BCUT2D eigenvalue weighted by atomic mass is 16.5. The summed E-state index contributed by atoms with van der Waals surface area (Å²) in [5.74, 6) is -0.0721. The number of nitrogens with one attached hydrogen (secondary N) is 1. The van der Waals surface area contributed by atoms with Gasteiger partial charge in [-0.15, -0.1) is 0 Å². The van der Waals surface area contributed by atoms with Gasteiger partial charge >= 0.3 is 5.97 Å². The summed E-state index contributed by atoms with van der Waals surface area (Å²) in [6.07, 6.45) is 71.4. The van der Waals surface area contributed by atoms with Crippen LogP contribution in [-0.2, 0) is 14.3 Å². The first kappa shape index (κ1) is 66.1. The van der Waals surface area contributed by atoms with Gasteiger partial charge in [0.05, 0.1) is 25.4 Å². The van der Waals surface area contributed by atoms with Gasteiger partial charge in [0.25, 0.3) is 0 Å². The van der Waals surface area contributed by atoms with Gasteiger partial charge in [-0.2, -0.15) is 0 Å². The Balaban J connectivity index is 3.48. The number of ether oxygens (including phenoxy) is 1. The Kier molecular flexibility index (Phi) is 56.0. The first-order valence-electron chi connectivity index (χ1n) is 30.2. The van der Waals surface area contributed by atoms with E-state index in [9.17, 15) is 19.8 Å². The molecular weight excluding hydrogens is 839 g/mol. The number of aliphatic hydroxyl groups excluding tert-OH is 2. The van der Waals surface area contributed by atoms with Gasteiger partial charge in [0.15, 0.2) is 0 Å². The molecule has 0 spiro atoms. The zero-order chi connectivity index (χ0) is 49.3. The molecule has 0 aliphatic carbocycles. The van der Waals surface area contributed by atoms with Crippen LogP contribution >= 0.6 is 0 Å². The molecule has 0 aliphatic rings. The number of unbranched alkanes of at least 4 members (excludes halogenated alkanes) is 39. The number of amides is 1. The molecule has 6 heteroatoms. The van der Waals surface area contributed by atoms with Crippen LogP contribution in [0.15, 0.2) is 36.5 Å². The third kappa shape index (κ3) is 53.4. The average Bonchev–Trinajstić information content (AvgIpc) is 3.34. The van der Waals surface area contributed by atoms with Gasteiger partial charge in [-0.3, -0.25) is 9.59 Å². The Morgan fingerprint density at radius 1 is 0.412 bits per heavy atom. The smallest absolute Gasteiger partial charge is 0.305 e. The van der Waals surface area contributed by atoms with E-state index in [0.29, 0.717) is 25.9 Å². The van der Waals surface area contributed by atoms with Gasteiger partial charge in [0.1, 0.15) is 0 Å². The standard InChI is InChI=1S/C62H117NO5/c1-3-5-7-9-11-13-15-17-19-20-21-22-23-24-27-30-34-38-42-46-50-54-60(65)59(58-64)63-61(66)55-51-47-43-39-35-31-28-25-29-33-37-41-45-49-53-57-68-62(67)56-52-48-44-40-36-32-26-18-16-14-12-10-8-6-4-2/h12,14,18,26,29,33,59-60,64-65H,3-11,13,15-17,19-25,27-28,30-32,34-58H2,1-2H3,(H,63,66)/b14-12-,26-18-,33-29-. The number of hydrogen-bond acceptors (Lipinski definition) is 5. The van der Waals surface area contributed by atoms with Crippen LogP contribution in [0.2, 0.25) is 0 Å². The first-order valence-corrected chi connectivity index (χ1v) is 30.2. The fourth-order valence-electron chi connectivity index (χ4n) is 9.25. The molecule has 0 radical (unpaired) electrons. The second kappa shape index (κ2) is 57.7. The number of rotatable bonds is 56. The van der Waals surface area contributed by atoms with Crippen molar-refractivity contribution in [2.24, 2.45) is 0 Å². The quantitative estimate of drug-likeness (QED) is 0.0321. The van der Waals surface area contributed by atoms with Crippen LogP contribution in [0.4, 0.5) is 0 Å². The van der Waals surface area contributed by atoms with E-state index in [4.69, 9.17) is 4.74 Å². The van der Waals surface area contributed by atoms with E-state index in [-0.39, 0.29) is 18.5 Å². The second-order valence-electron chi connectivity index (χ2n) is 20.7. The van der Waals surface area contributed by atoms with Crippen LogP contribution in [0.25, 0.3) is 0 Å². The van der Waals surface area contributed by atoms with Crippen molar-refractivity contribution in [2.45, 2.75) is 334 Å². The van der Waals surface area contributed by atoms with Crippen LogP contribution in [0.5, 0.6) is 0 Å². The highest BCUT2D eigenvalue weighted by Gasteiger charge is 2.20. The maximum Gasteiger partial charge on any atom is 0.305 e. The van der Waals surface area contributed by atoms with E-state index in [1.54, 1.807) is 0 Å². The zero-order valence-electron chi connectivity index (χ0n) is 45.6. The second-order valence-corrected chi connectivity index (χ2v) is 20.7. The van der Waals surface area contributed by atoms with Crippen molar-refractivity contribution >= 4 is 11.9 Å².